The summed E-state index contributed by atoms with van der Waals surface area (Å²) in [6.07, 6.45) is 5.26. The molecule has 2 heterocycles. The first kappa shape index (κ1) is 12.5. The van der Waals surface area contributed by atoms with Gasteiger partial charge in [0.2, 0.25) is 0 Å². The smallest absolute Gasteiger partial charge is 0.0234 e. The topological polar surface area (TPSA) is 12.0 Å². The van der Waals surface area contributed by atoms with Crippen LogP contribution in [0.2, 0.25) is 0 Å². The van der Waals surface area contributed by atoms with Crippen molar-refractivity contribution in [3.05, 3.63) is 22.4 Å². The highest BCUT2D eigenvalue weighted by molar-refractivity contribution is 8.00. The summed E-state index contributed by atoms with van der Waals surface area (Å²) in [5, 5.41) is 6.77. The zero-order chi connectivity index (χ0) is 11.2. The fourth-order valence-electron chi connectivity index (χ4n) is 2.23. The molecular weight excluding hydrogens is 234 g/mol. The van der Waals surface area contributed by atoms with Gasteiger partial charge < -0.3 is 5.32 Å². The van der Waals surface area contributed by atoms with E-state index in [0.717, 1.165) is 11.8 Å². The third-order valence-corrected chi connectivity index (χ3v) is 5.49. The Labute approximate surface area is 107 Å². The zero-order valence-corrected chi connectivity index (χ0v) is 11.6. The maximum Gasteiger partial charge on any atom is 0.0234 e. The Bertz CT molecular complexity index is 278. The Morgan fingerprint density at radius 3 is 3.12 bits per heavy atom. The standard InChI is InChI=1S/C13H21NS2/c1-2-7-14-12(13-6-4-9-16-13)10-11-5-3-8-15-11/h3,5,8,12-14H,2,4,6-7,9-10H2,1H3. The maximum atomic E-state index is 3.74. The van der Waals surface area contributed by atoms with Gasteiger partial charge in [-0.2, -0.15) is 11.8 Å². The van der Waals surface area contributed by atoms with Gasteiger partial charge in [0.05, 0.1) is 0 Å². The minimum atomic E-state index is 0.686. The van der Waals surface area contributed by atoms with Gasteiger partial charge >= 0.3 is 0 Å². The zero-order valence-electron chi connectivity index (χ0n) is 9.95. The van der Waals surface area contributed by atoms with Crippen LogP contribution in [0.3, 0.4) is 0 Å². The lowest BCUT2D eigenvalue weighted by Gasteiger charge is -2.23. The van der Waals surface area contributed by atoms with Gasteiger partial charge in [0.15, 0.2) is 0 Å². The quantitative estimate of drug-likeness (QED) is 0.834. The van der Waals surface area contributed by atoms with Gasteiger partial charge in [-0.3, -0.25) is 0 Å². The van der Waals surface area contributed by atoms with Gasteiger partial charge in [0.1, 0.15) is 0 Å². The van der Waals surface area contributed by atoms with Crippen molar-refractivity contribution < 1.29 is 0 Å². The molecule has 1 N–H and O–H groups in total. The molecule has 2 unspecified atom stereocenters. The Hall–Kier alpha value is 0.01000. The second kappa shape index (κ2) is 6.67. The van der Waals surface area contributed by atoms with Crippen LogP contribution in [0, 0.1) is 0 Å². The van der Waals surface area contributed by atoms with E-state index in [0.29, 0.717) is 6.04 Å². The fourth-order valence-corrected chi connectivity index (χ4v) is 4.39. The summed E-state index contributed by atoms with van der Waals surface area (Å²) < 4.78 is 0. The molecule has 90 valence electrons. The third-order valence-electron chi connectivity index (χ3n) is 3.07. The molecule has 0 aromatic carbocycles. The van der Waals surface area contributed by atoms with Crippen LogP contribution in [0.15, 0.2) is 17.5 Å². The predicted octanol–water partition coefficient (Wildman–Crippen LogP) is 3.55. The maximum absolute atomic E-state index is 3.74. The highest BCUT2D eigenvalue weighted by atomic mass is 32.2. The molecule has 1 saturated heterocycles. The molecule has 0 amide bonds. The lowest BCUT2D eigenvalue weighted by Crippen LogP contribution is -2.39. The van der Waals surface area contributed by atoms with Crippen LogP contribution in [-0.4, -0.2) is 23.6 Å². The second-order valence-electron chi connectivity index (χ2n) is 4.40. The predicted molar refractivity (Wildman–Crippen MR) is 75.6 cm³/mol. The molecule has 1 aromatic heterocycles. The largest absolute Gasteiger partial charge is 0.313 e. The molecule has 0 bridgehead atoms. The van der Waals surface area contributed by atoms with Crippen LogP contribution in [0.4, 0.5) is 0 Å². The summed E-state index contributed by atoms with van der Waals surface area (Å²) in [6.45, 7) is 3.41. The van der Waals surface area contributed by atoms with E-state index in [-0.39, 0.29) is 0 Å². The SMILES string of the molecule is CCCNC(Cc1cccs1)C1CCCS1. The van der Waals surface area contributed by atoms with Crippen LogP contribution in [0.25, 0.3) is 0 Å². The van der Waals surface area contributed by atoms with E-state index >= 15 is 0 Å². The average molecular weight is 255 g/mol. The van der Waals surface area contributed by atoms with E-state index in [2.05, 4.69) is 41.5 Å². The summed E-state index contributed by atoms with van der Waals surface area (Å²) in [5.74, 6) is 1.36. The van der Waals surface area contributed by atoms with Gasteiger partial charge in [-0.25, -0.2) is 0 Å². The number of rotatable bonds is 6. The van der Waals surface area contributed by atoms with E-state index in [1.165, 1.54) is 36.3 Å². The molecular formula is C13H21NS2. The third kappa shape index (κ3) is 3.51. The van der Waals surface area contributed by atoms with Crippen molar-refractivity contribution in [3.8, 4) is 0 Å². The van der Waals surface area contributed by atoms with E-state index in [1.807, 2.05) is 11.3 Å². The summed E-state index contributed by atoms with van der Waals surface area (Å²) >= 11 is 4.06. The number of thioether (sulfide) groups is 1. The lowest BCUT2D eigenvalue weighted by molar-refractivity contribution is 0.484. The first-order chi connectivity index (χ1) is 7.90. The molecule has 1 nitrogen and oxygen atoms in total. The number of nitrogens with one attached hydrogen (secondary N) is 1. The monoisotopic (exact) mass is 255 g/mol. The van der Waals surface area contributed by atoms with Gasteiger partial charge in [-0.05, 0) is 49.4 Å². The van der Waals surface area contributed by atoms with E-state index in [9.17, 15) is 0 Å². The number of hydrogen-bond acceptors (Lipinski definition) is 3. The van der Waals surface area contributed by atoms with Crippen LogP contribution in [-0.2, 0) is 6.42 Å². The Morgan fingerprint density at radius 2 is 2.50 bits per heavy atom. The van der Waals surface area contributed by atoms with Gasteiger partial charge in [-0.1, -0.05) is 13.0 Å². The molecule has 1 aliphatic heterocycles. The van der Waals surface area contributed by atoms with Crippen molar-refractivity contribution in [2.24, 2.45) is 0 Å². The molecule has 1 fully saturated rings. The molecule has 0 spiro atoms. The first-order valence-corrected chi connectivity index (χ1v) is 8.20. The van der Waals surface area contributed by atoms with Gasteiger partial charge in [-0.15, -0.1) is 11.3 Å². The minimum absolute atomic E-state index is 0.686. The van der Waals surface area contributed by atoms with Crippen LogP contribution in [0.1, 0.15) is 31.1 Å². The van der Waals surface area contributed by atoms with Crippen molar-refractivity contribution in [3.63, 3.8) is 0 Å². The summed E-state index contributed by atoms with van der Waals surface area (Å²) in [5.41, 5.74) is 0. The molecule has 0 radical (unpaired) electrons. The Kier molecular flexibility index (Phi) is 5.20. The minimum Gasteiger partial charge on any atom is -0.313 e. The molecule has 0 aliphatic carbocycles. The highest BCUT2D eigenvalue weighted by Crippen LogP contribution is 2.30. The number of hydrogen-bond donors (Lipinski definition) is 1. The van der Waals surface area contributed by atoms with Crippen molar-refractivity contribution in [2.45, 2.75) is 43.9 Å². The Balaban J connectivity index is 1.90. The van der Waals surface area contributed by atoms with Crippen LogP contribution >= 0.6 is 23.1 Å². The van der Waals surface area contributed by atoms with Crippen molar-refractivity contribution in [2.75, 3.05) is 12.3 Å². The normalized spacial score (nSPS) is 22.4. The van der Waals surface area contributed by atoms with Crippen LogP contribution in [0.5, 0.6) is 0 Å². The van der Waals surface area contributed by atoms with Crippen LogP contribution < -0.4 is 5.32 Å². The second-order valence-corrected chi connectivity index (χ2v) is 6.77. The summed E-state index contributed by atoms with van der Waals surface area (Å²) in [4.78, 5) is 1.53. The Morgan fingerprint density at radius 1 is 1.56 bits per heavy atom. The average Bonchev–Trinajstić information content (AvgIpc) is 2.96. The lowest BCUT2D eigenvalue weighted by atomic mass is 10.1. The van der Waals surface area contributed by atoms with E-state index in [1.54, 1.807) is 0 Å². The fraction of sp³-hybridized carbons (Fsp3) is 0.692. The molecule has 2 rings (SSSR count). The van der Waals surface area contributed by atoms with Crippen molar-refractivity contribution >= 4 is 23.1 Å². The summed E-state index contributed by atoms with van der Waals surface area (Å²) in [7, 11) is 0. The van der Waals surface area contributed by atoms with Gasteiger partial charge in [0.25, 0.3) is 0 Å². The molecule has 0 saturated carbocycles. The van der Waals surface area contributed by atoms with Crippen molar-refractivity contribution in [1.82, 2.24) is 5.32 Å². The van der Waals surface area contributed by atoms with E-state index < -0.39 is 0 Å². The van der Waals surface area contributed by atoms with Crippen molar-refractivity contribution in [1.29, 1.82) is 0 Å². The highest BCUT2D eigenvalue weighted by Gasteiger charge is 2.25. The van der Waals surface area contributed by atoms with Gasteiger partial charge in [0, 0.05) is 16.2 Å². The van der Waals surface area contributed by atoms with E-state index in [4.69, 9.17) is 0 Å². The molecule has 2 atom stereocenters. The molecule has 3 heteroatoms. The number of thiophene rings is 1. The molecule has 16 heavy (non-hydrogen) atoms. The summed E-state index contributed by atoms with van der Waals surface area (Å²) in [6, 6.07) is 5.12. The molecule has 1 aliphatic rings. The first-order valence-electron chi connectivity index (χ1n) is 6.27. The molecule has 1 aromatic rings.